The lowest BCUT2D eigenvalue weighted by molar-refractivity contribution is -0.0753. The number of methoxy groups -OCH3 is 1. The van der Waals surface area contributed by atoms with E-state index in [2.05, 4.69) is 22.6 Å². The van der Waals surface area contributed by atoms with E-state index in [4.69, 9.17) is 18.9 Å². The molecule has 19 heavy (non-hydrogen) atoms. The van der Waals surface area contributed by atoms with Gasteiger partial charge < -0.3 is 18.9 Å². The summed E-state index contributed by atoms with van der Waals surface area (Å²) < 4.78 is 22.9. The van der Waals surface area contributed by atoms with Gasteiger partial charge in [-0.1, -0.05) is 41.9 Å². The Morgan fingerprint density at radius 2 is 1.42 bits per heavy atom. The third-order valence-corrected chi connectivity index (χ3v) is 4.84. The third-order valence-electron chi connectivity index (χ3n) is 3.45. The normalized spacial score (nSPS) is 18.6. The maximum Gasteiger partial charge on any atom is 0.0772 e. The van der Waals surface area contributed by atoms with Crippen LogP contribution in [0.3, 0.4) is 0 Å². The first-order chi connectivity index (χ1) is 9.33. The Hall–Kier alpha value is 0.570. The lowest BCUT2D eigenvalue weighted by atomic mass is 9.86. The average Bonchev–Trinajstić information content (AvgIpc) is 2.46. The molecule has 1 aliphatic carbocycles. The van der Waals surface area contributed by atoms with Crippen molar-refractivity contribution in [2.75, 3.05) is 51.2 Å². The molecule has 1 aliphatic rings. The molecule has 0 heterocycles. The molecule has 0 unspecified atom stereocenters. The summed E-state index contributed by atoms with van der Waals surface area (Å²) in [6.07, 6.45) is 6.37. The first-order valence-corrected chi connectivity index (χ1v) is 8.70. The molecule has 0 radical (unpaired) electrons. The second-order valence-electron chi connectivity index (χ2n) is 4.94. The summed E-state index contributed by atoms with van der Waals surface area (Å²) in [4.78, 5) is 0. The highest BCUT2D eigenvalue weighted by atomic mass is 127. The first kappa shape index (κ1) is 17.6. The van der Waals surface area contributed by atoms with E-state index in [0.29, 0.717) is 39.6 Å². The summed E-state index contributed by atoms with van der Waals surface area (Å²) in [6.45, 7) is 3.88. The van der Waals surface area contributed by atoms with E-state index in [9.17, 15) is 0 Å². The molecule has 0 aromatic rings. The summed E-state index contributed by atoms with van der Waals surface area (Å²) in [5.74, 6) is 0. The van der Waals surface area contributed by atoms with Crippen LogP contribution in [0.25, 0.3) is 0 Å². The molecule has 0 aromatic heterocycles. The molecule has 1 rings (SSSR count). The van der Waals surface area contributed by atoms with Crippen molar-refractivity contribution >= 4 is 22.6 Å². The van der Waals surface area contributed by atoms with Gasteiger partial charge in [0.1, 0.15) is 0 Å². The van der Waals surface area contributed by atoms with E-state index in [-0.39, 0.29) is 5.60 Å². The van der Waals surface area contributed by atoms with Crippen molar-refractivity contribution in [2.24, 2.45) is 0 Å². The zero-order valence-electron chi connectivity index (χ0n) is 12.0. The molecule has 114 valence electrons. The fraction of sp³-hybridized carbons (Fsp3) is 1.00. The molecule has 0 bridgehead atoms. The van der Waals surface area contributed by atoms with Gasteiger partial charge in [0.05, 0.1) is 45.2 Å². The Labute approximate surface area is 130 Å². The van der Waals surface area contributed by atoms with Crippen LogP contribution in [-0.4, -0.2) is 56.8 Å². The summed E-state index contributed by atoms with van der Waals surface area (Å²) in [5.41, 5.74) is 0.122. The molecule has 0 spiro atoms. The summed E-state index contributed by atoms with van der Waals surface area (Å²) in [5, 5.41) is 0. The highest BCUT2D eigenvalue weighted by Crippen LogP contribution is 2.33. The lowest BCUT2D eigenvalue weighted by Gasteiger charge is -2.35. The van der Waals surface area contributed by atoms with Crippen molar-refractivity contribution in [1.82, 2.24) is 0 Å². The molecule has 1 saturated carbocycles. The molecule has 0 aliphatic heterocycles. The van der Waals surface area contributed by atoms with Crippen molar-refractivity contribution in [1.29, 1.82) is 0 Å². The van der Waals surface area contributed by atoms with Gasteiger partial charge in [0.15, 0.2) is 0 Å². The van der Waals surface area contributed by atoms with Gasteiger partial charge >= 0.3 is 0 Å². The van der Waals surface area contributed by atoms with Gasteiger partial charge in [-0.25, -0.2) is 0 Å². The fourth-order valence-corrected chi connectivity index (χ4v) is 3.28. The van der Waals surface area contributed by atoms with Crippen LogP contribution in [0.15, 0.2) is 0 Å². The van der Waals surface area contributed by atoms with Crippen LogP contribution in [0, 0.1) is 0 Å². The second kappa shape index (κ2) is 11.3. The molecule has 0 atom stereocenters. The average molecular weight is 386 g/mol. The van der Waals surface area contributed by atoms with E-state index in [1.54, 1.807) is 7.11 Å². The van der Waals surface area contributed by atoms with Gasteiger partial charge in [0, 0.05) is 11.5 Å². The Balaban J connectivity index is 1.94. The van der Waals surface area contributed by atoms with Crippen molar-refractivity contribution in [3.63, 3.8) is 0 Å². The quantitative estimate of drug-likeness (QED) is 0.311. The van der Waals surface area contributed by atoms with Crippen LogP contribution in [0.4, 0.5) is 0 Å². The Morgan fingerprint density at radius 1 is 0.842 bits per heavy atom. The van der Waals surface area contributed by atoms with Crippen molar-refractivity contribution in [3.05, 3.63) is 0 Å². The molecule has 0 saturated heterocycles. The van der Waals surface area contributed by atoms with Crippen LogP contribution in [0.2, 0.25) is 0 Å². The predicted molar refractivity (Wildman–Crippen MR) is 84.2 cm³/mol. The first-order valence-electron chi connectivity index (χ1n) is 7.17. The van der Waals surface area contributed by atoms with Gasteiger partial charge in [-0.15, -0.1) is 0 Å². The highest BCUT2D eigenvalue weighted by molar-refractivity contribution is 14.1. The molecule has 1 fully saturated rings. The minimum atomic E-state index is 0.122. The summed E-state index contributed by atoms with van der Waals surface area (Å²) in [7, 11) is 1.67. The van der Waals surface area contributed by atoms with Gasteiger partial charge in [-0.2, -0.15) is 0 Å². The fourth-order valence-electron chi connectivity index (χ4n) is 2.29. The Kier molecular flexibility index (Phi) is 10.4. The molecule has 4 nitrogen and oxygen atoms in total. The standard InChI is InChI=1S/C14H27IO4/c1-16-7-8-17-9-10-18-11-12-19-14(13-15)5-3-2-4-6-14/h2-13H2,1H3. The van der Waals surface area contributed by atoms with Crippen LogP contribution in [0.1, 0.15) is 32.1 Å². The van der Waals surface area contributed by atoms with Crippen molar-refractivity contribution < 1.29 is 18.9 Å². The van der Waals surface area contributed by atoms with E-state index in [1.807, 2.05) is 0 Å². The maximum atomic E-state index is 6.07. The summed E-state index contributed by atoms with van der Waals surface area (Å²) >= 11 is 2.45. The number of ether oxygens (including phenoxy) is 4. The van der Waals surface area contributed by atoms with Crippen molar-refractivity contribution in [3.8, 4) is 0 Å². The second-order valence-corrected chi connectivity index (χ2v) is 5.71. The molecular formula is C14H27IO4. The molecule has 0 amide bonds. The Morgan fingerprint density at radius 3 is 2.00 bits per heavy atom. The van der Waals surface area contributed by atoms with E-state index in [1.165, 1.54) is 32.1 Å². The van der Waals surface area contributed by atoms with Crippen LogP contribution in [0.5, 0.6) is 0 Å². The molecule has 5 heteroatoms. The largest absolute Gasteiger partial charge is 0.382 e. The van der Waals surface area contributed by atoms with Gasteiger partial charge in [-0.05, 0) is 12.8 Å². The SMILES string of the molecule is COCCOCCOCCOC1(CI)CCCCC1. The predicted octanol–water partition coefficient (Wildman–Crippen LogP) is 2.82. The number of rotatable bonds is 11. The highest BCUT2D eigenvalue weighted by Gasteiger charge is 2.31. The van der Waals surface area contributed by atoms with Crippen LogP contribution >= 0.6 is 22.6 Å². The Bertz CT molecular complexity index is 208. The van der Waals surface area contributed by atoms with Crippen LogP contribution in [-0.2, 0) is 18.9 Å². The number of alkyl halides is 1. The van der Waals surface area contributed by atoms with E-state index >= 15 is 0 Å². The van der Waals surface area contributed by atoms with E-state index in [0.717, 1.165) is 4.43 Å². The van der Waals surface area contributed by atoms with Crippen LogP contribution < -0.4 is 0 Å². The molecular weight excluding hydrogens is 359 g/mol. The van der Waals surface area contributed by atoms with Gasteiger partial charge in [-0.3, -0.25) is 0 Å². The zero-order valence-corrected chi connectivity index (χ0v) is 14.2. The number of hydrogen-bond donors (Lipinski definition) is 0. The molecule has 0 aromatic carbocycles. The van der Waals surface area contributed by atoms with Crippen molar-refractivity contribution in [2.45, 2.75) is 37.7 Å². The minimum Gasteiger partial charge on any atom is -0.382 e. The molecule has 0 N–H and O–H groups in total. The van der Waals surface area contributed by atoms with Gasteiger partial charge in [0.25, 0.3) is 0 Å². The monoisotopic (exact) mass is 386 g/mol. The lowest BCUT2D eigenvalue weighted by Crippen LogP contribution is -2.37. The number of halogens is 1. The minimum absolute atomic E-state index is 0.122. The summed E-state index contributed by atoms with van der Waals surface area (Å²) in [6, 6.07) is 0. The van der Waals surface area contributed by atoms with E-state index < -0.39 is 0 Å². The van der Waals surface area contributed by atoms with Gasteiger partial charge in [0.2, 0.25) is 0 Å². The zero-order chi connectivity index (χ0) is 13.8. The third kappa shape index (κ3) is 7.80. The number of hydrogen-bond acceptors (Lipinski definition) is 4. The topological polar surface area (TPSA) is 36.9 Å². The maximum absolute atomic E-state index is 6.07. The smallest absolute Gasteiger partial charge is 0.0772 e.